The summed E-state index contributed by atoms with van der Waals surface area (Å²) in [7, 11) is 0. The van der Waals surface area contributed by atoms with Crippen LogP contribution in [0.4, 0.5) is 4.79 Å². The van der Waals surface area contributed by atoms with Gasteiger partial charge in [0, 0.05) is 25.7 Å². The minimum absolute atomic E-state index is 0.152. The Kier molecular flexibility index (Phi) is 5.62. The van der Waals surface area contributed by atoms with Crippen molar-refractivity contribution in [1.29, 1.82) is 5.26 Å². The number of rotatable bonds is 4. The van der Waals surface area contributed by atoms with Crippen LogP contribution in [-0.4, -0.2) is 35.7 Å². The summed E-state index contributed by atoms with van der Waals surface area (Å²) in [6.07, 6.45) is 1.74. The number of nitrogens with zero attached hydrogens (tertiary/aromatic N) is 2. The quantitative estimate of drug-likeness (QED) is 0.927. The predicted molar refractivity (Wildman–Crippen MR) is 88.8 cm³/mol. The topological polar surface area (TPSA) is 65.4 Å². The lowest BCUT2D eigenvalue weighted by atomic mass is 10.1. The Bertz CT molecular complexity index is 587. The maximum Gasteiger partial charge on any atom is 0.410 e. The number of amides is 1. The van der Waals surface area contributed by atoms with Crippen LogP contribution >= 0.6 is 0 Å². The van der Waals surface area contributed by atoms with Gasteiger partial charge >= 0.3 is 6.09 Å². The van der Waals surface area contributed by atoms with Crippen LogP contribution in [0.15, 0.2) is 24.3 Å². The molecule has 1 amide bonds. The third kappa shape index (κ3) is 4.97. The average Bonchev–Trinajstić information content (AvgIpc) is 2.94. The fourth-order valence-electron chi connectivity index (χ4n) is 2.77. The van der Waals surface area contributed by atoms with Crippen LogP contribution in [0.5, 0.6) is 0 Å². The van der Waals surface area contributed by atoms with E-state index in [1.54, 1.807) is 0 Å². The first-order valence-electron chi connectivity index (χ1n) is 8.09. The molecule has 0 bridgehead atoms. The zero-order valence-electron chi connectivity index (χ0n) is 14.1. The lowest BCUT2D eigenvalue weighted by Gasteiger charge is -2.28. The first-order chi connectivity index (χ1) is 10.9. The Labute approximate surface area is 138 Å². The molecule has 1 N–H and O–H groups in total. The molecule has 0 aromatic heterocycles. The van der Waals surface area contributed by atoms with Gasteiger partial charge in [0.15, 0.2) is 0 Å². The predicted octanol–water partition coefficient (Wildman–Crippen LogP) is 3.05. The molecule has 1 fully saturated rings. The molecular formula is C18H25N3O2. The number of benzene rings is 1. The van der Waals surface area contributed by atoms with Crippen molar-refractivity contribution in [3.63, 3.8) is 0 Å². The summed E-state index contributed by atoms with van der Waals surface area (Å²) in [6, 6.07) is 9.92. The zero-order valence-corrected chi connectivity index (χ0v) is 14.1. The Morgan fingerprint density at radius 1 is 1.43 bits per heavy atom. The van der Waals surface area contributed by atoms with Crippen molar-refractivity contribution in [2.24, 2.45) is 0 Å². The van der Waals surface area contributed by atoms with Gasteiger partial charge in [-0.2, -0.15) is 5.26 Å². The van der Waals surface area contributed by atoms with E-state index in [0.29, 0.717) is 18.7 Å². The third-order valence-electron chi connectivity index (χ3n) is 3.84. The van der Waals surface area contributed by atoms with Crippen molar-refractivity contribution in [3.8, 4) is 6.07 Å². The van der Waals surface area contributed by atoms with Crippen molar-refractivity contribution in [2.45, 2.75) is 51.8 Å². The van der Waals surface area contributed by atoms with Crippen molar-refractivity contribution in [1.82, 2.24) is 10.2 Å². The molecule has 1 saturated heterocycles. The van der Waals surface area contributed by atoms with Crippen LogP contribution in [0, 0.1) is 11.3 Å². The van der Waals surface area contributed by atoms with Gasteiger partial charge in [-0.1, -0.05) is 18.2 Å². The molecule has 5 heteroatoms. The lowest BCUT2D eigenvalue weighted by molar-refractivity contribution is 0.0226. The maximum absolute atomic E-state index is 12.2. The van der Waals surface area contributed by atoms with E-state index in [0.717, 1.165) is 24.9 Å². The van der Waals surface area contributed by atoms with E-state index in [1.807, 2.05) is 49.9 Å². The number of ether oxygens (including phenoxy) is 1. The second kappa shape index (κ2) is 7.47. The van der Waals surface area contributed by atoms with Gasteiger partial charge in [-0.3, -0.25) is 0 Å². The molecule has 1 aliphatic rings. The summed E-state index contributed by atoms with van der Waals surface area (Å²) in [4.78, 5) is 14.1. The summed E-state index contributed by atoms with van der Waals surface area (Å²) in [6.45, 7) is 7.73. The molecule has 23 heavy (non-hydrogen) atoms. The van der Waals surface area contributed by atoms with Gasteiger partial charge in [0.25, 0.3) is 0 Å². The highest BCUT2D eigenvalue weighted by Gasteiger charge is 2.31. The first-order valence-corrected chi connectivity index (χ1v) is 8.09. The number of likely N-dealkylation sites (tertiary alicyclic amines) is 1. The summed E-state index contributed by atoms with van der Waals surface area (Å²) >= 11 is 0. The highest BCUT2D eigenvalue weighted by atomic mass is 16.6. The molecule has 5 nitrogen and oxygen atoms in total. The van der Waals surface area contributed by atoms with Gasteiger partial charge in [0.2, 0.25) is 0 Å². The van der Waals surface area contributed by atoms with Crippen molar-refractivity contribution < 1.29 is 9.53 Å². The number of hydrogen-bond acceptors (Lipinski definition) is 4. The smallest absolute Gasteiger partial charge is 0.410 e. The molecule has 124 valence electrons. The second-order valence-corrected chi connectivity index (χ2v) is 6.87. The molecule has 1 heterocycles. The Morgan fingerprint density at radius 2 is 2.17 bits per heavy atom. The molecule has 1 aromatic rings. The van der Waals surface area contributed by atoms with E-state index >= 15 is 0 Å². The zero-order chi connectivity index (χ0) is 16.9. The first kappa shape index (κ1) is 17.3. The van der Waals surface area contributed by atoms with Crippen molar-refractivity contribution in [3.05, 3.63) is 35.4 Å². The molecule has 1 aromatic carbocycles. The Balaban J connectivity index is 1.87. The molecular weight excluding hydrogens is 290 g/mol. The van der Waals surface area contributed by atoms with Gasteiger partial charge in [0.1, 0.15) is 5.60 Å². The van der Waals surface area contributed by atoms with Gasteiger partial charge in [-0.15, -0.1) is 0 Å². The normalized spacial score (nSPS) is 17.8. The summed E-state index contributed by atoms with van der Waals surface area (Å²) < 4.78 is 5.47. The highest BCUT2D eigenvalue weighted by molar-refractivity contribution is 5.69. The van der Waals surface area contributed by atoms with Gasteiger partial charge in [-0.25, -0.2) is 4.79 Å². The van der Waals surface area contributed by atoms with Gasteiger partial charge in [0.05, 0.1) is 11.6 Å². The number of carbonyl (C=O) groups excluding carboxylic acids is 1. The molecule has 0 saturated carbocycles. The fraction of sp³-hybridized carbons (Fsp3) is 0.556. The minimum Gasteiger partial charge on any atom is -0.444 e. The van der Waals surface area contributed by atoms with E-state index in [4.69, 9.17) is 10.00 Å². The lowest BCUT2D eigenvalue weighted by Crippen LogP contribution is -2.44. The molecule has 0 aliphatic carbocycles. The summed E-state index contributed by atoms with van der Waals surface area (Å²) in [5.41, 5.74) is 1.20. The molecule has 1 atom stereocenters. The molecule has 0 spiro atoms. The van der Waals surface area contributed by atoms with E-state index in [-0.39, 0.29) is 12.1 Å². The number of hydrogen-bond donors (Lipinski definition) is 1. The van der Waals surface area contributed by atoms with Crippen LogP contribution in [-0.2, 0) is 11.3 Å². The maximum atomic E-state index is 12.2. The van der Waals surface area contributed by atoms with E-state index < -0.39 is 5.60 Å². The largest absolute Gasteiger partial charge is 0.444 e. The van der Waals surface area contributed by atoms with Crippen LogP contribution in [0.25, 0.3) is 0 Å². The molecule has 0 radical (unpaired) electrons. The van der Waals surface area contributed by atoms with E-state index in [2.05, 4.69) is 11.4 Å². The van der Waals surface area contributed by atoms with Gasteiger partial charge in [-0.05, 0) is 45.2 Å². The number of nitrogens with one attached hydrogen (secondary N) is 1. The van der Waals surface area contributed by atoms with Crippen LogP contribution in [0.3, 0.4) is 0 Å². The van der Waals surface area contributed by atoms with E-state index in [1.165, 1.54) is 0 Å². The monoisotopic (exact) mass is 315 g/mol. The van der Waals surface area contributed by atoms with Crippen LogP contribution in [0.1, 0.15) is 44.7 Å². The number of nitriles is 1. The Morgan fingerprint density at radius 3 is 2.87 bits per heavy atom. The SMILES string of the molecule is CC(C)(C)OC(=O)N1CCCC1CNCc1ccccc1C#N. The third-order valence-corrected chi connectivity index (χ3v) is 3.84. The van der Waals surface area contributed by atoms with E-state index in [9.17, 15) is 4.79 Å². The summed E-state index contributed by atoms with van der Waals surface area (Å²) in [5, 5.41) is 12.5. The highest BCUT2D eigenvalue weighted by Crippen LogP contribution is 2.20. The van der Waals surface area contributed by atoms with Crippen molar-refractivity contribution in [2.75, 3.05) is 13.1 Å². The molecule has 1 unspecified atom stereocenters. The molecule has 1 aliphatic heterocycles. The standard InChI is InChI=1S/C18H25N3O2/c1-18(2,3)23-17(22)21-10-6-9-16(21)13-20-12-15-8-5-4-7-14(15)11-19/h4-5,7-8,16,20H,6,9-10,12-13H2,1-3H3. The minimum atomic E-state index is -0.469. The summed E-state index contributed by atoms with van der Waals surface area (Å²) in [5.74, 6) is 0. The second-order valence-electron chi connectivity index (χ2n) is 6.87. The molecule has 2 rings (SSSR count). The van der Waals surface area contributed by atoms with Crippen LogP contribution < -0.4 is 5.32 Å². The van der Waals surface area contributed by atoms with Crippen molar-refractivity contribution >= 4 is 6.09 Å². The fourth-order valence-corrected chi connectivity index (χ4v) is 2.77. The van der Waals surface area contributed by atoms with Crippen LogP contribution in [0.2, 0.25) is 0 Å². The van der Waals surface area contributed by atoms with Gasteiger partial charge < -0.3 is 15.0 Å². The Hall–Kier alpha value is -2.06. The average molecular weight is 315 g/mol. The number of carbonyl (C=O) groups is 1.